The van der Waals surface area contributed by atoms with Gasteiger partial charge in [-0.1, -0.05) is 0 Å². The Morgan fingerprint density at radius 1 is 1.44 bits per heavy atom. The molecule has 0 spiro atoms. The van der Waals surface area contributed by atoms with E-state index >= 15 is 0 Å². The van der Waals surface area contributed by atoms with E-state index < -0.39 is 12.6 Å². The quantitative estimate of drug-likeness (QED) is 0.649. The number of alkyl halides is 2. The van der Waals surface area contributed by atoms with E-state index in [0.717, 1.165) is 12.2 Å². The van der Waals surface area contributed by atoms with E-state index in [4.69, 9.17) is 5.11 Å². The van der Waals surface area contributed by atoms with Crippen LogP contribution >= 0.6 is 0 Å². The van der Waals surface area contributed by atoms with E-state index in [0.29, 0.717) is 11.8 Å². The van der Waals surface area contributed by atoms with Gasteiger partial charge in [-0.2, -0.15) is 8.78 Å². The van der Waals surface area contributed by atoms with Gasteiger partial charge in [0.15, 0.2) is 6.29 Å². The number of halogens is 2. The number of hydrogen-bond donors (Lipinski definition) is 1. The molecule has 0 atom stereocenters. The Hall–Kier alpha value is -2.24. The molecule has 0 amide bonds. The van der Waals surface area contributed by atoms with Gasteiger partial charge in [-0.15, -0.1) is 0 Å². The largest absolute Gasteiger partial charge is 0.478 e. The van der Waals surface area contributed by atoms with Gasteiger partial charge in [0.2, 0.25) is 0 Å². The molecule has 0 unspecified atom stereocenters. The standard InChI is InChI=1S/C12H10F2O4/c1-7-4-9(18-12(13)14)5-8(10(7)6-15)2-3-11(16)17/h2-6,12H,1H3,(H,16,17)/b3-2+. The zero-order valence-corrected chi connectivity index (χ0v) is 9.39. The van der Waals surface area contributed by atoms with Gasteiger partial charge in [0.05, 0.1) is 0 Å². The number of carbonyl (C=O) groups excluding carboxylic acids is 1. The molecule has 6 heteroatoms. The second kappa shape index (κ2) is 5.90. The van der Waals surface area contributed by atoms with E-state index in [2.05, 4.69) is 4.74 Å². The van der Waals surface area contributed by atoms with Crippen molar-refractivity contribution in [3.8, 4) is 5.75 Å². The van der Waals surface area contributed by atoms with Crippen LogP contribution in [0.15, 0.2) is 18.2 Å². The molecule has 1 N–H and O–H groups in total. The molecule has 0 fully saturated rings. The van der Waals surface area contributed by atoms with E-state index in [-0.39, 0.29) is 16.9 Å². The molecule has 1 aromatic carbocycles. The summed E-state index contributed by atoms with van der Waals surface area (Å²) < 4.78 is 28.4. The van der Waals surface area contributed by atoms with Gasteiger partial charge in [-0.3, -0.25) is 4.79 Å². The molecule has 0 aliphatic heterocycles. The lowest BCUT2D eigenvalue weighted by molar-refractivity contribution is -0.131. The van der Waals surface area contributed by atoms with Crippen LogP contribution in [-0.2, 0) is 4.79 Å². The summed E-state index contributed by atoms with van der Waals surface area (Å²) in [5.41, 5.74) is 0.866. The van der Waals surface area contributed by atoms with Gasteiger partial charge >= 0.3 is 12.6 Å². The monoisotopic (exact) mass is 256 g/mol. The molecule has 4 nitrogen and oxygen atoms in total. The highest BCUT2D eigenvalue weighted by atomic mass is 19.3. The molecule has 0 radical (unpaired) electrons. The van der Waals surface area contributed by atoms with Crippen molar-refractivity contribution in [3.05, 3.63) is 34.9 Å². The van der Waals surface area contributed by atoms with Gasteiger partial charge in [0, 0.05) is 11.6 Å². The lowest BCUT2D eigenvalue weighted by atomic mass is 10.0. The van der Waals surface area contributed by atoms with Crippen molar-refractivity contribution in [2.75, 3.05) is 0 Å². The van der Waals surface area contributed by atoms with Crippen molar-refractivity contribution < 1.29 is 28.2 Å². The molecule has 0 aliphatic rings. The average Bonchev–Trinajstić information content (AvgIpc) is 2.24. The normalized spacial score (nSPS) is 10.9. The van der Waals surface area contributed by atoms with E-state index in [1.54, 1.807) is 6.92 Å². The van der Waals surface area contributed by atoms with Crippen molar-refractivity contribution >= 4 is 18.3 Å². The maximum absolute atomic E-state index is 12.1. The first kappa shape index (κ1) is 13.8. The topological polar surface area (TPSA) is 63.6 Å². The van der Waals surface area contributed by atoms with E-state index in [9.17, 15) is 18.4 Å². The predicted molar refractivity (Wildman–Crippen MR) is 59.9 cm³/mol. The fraction of sp³-hybridized carbons (Fsp3) is 0.167. The van der Waals surface area contributed by atoms with Gasteiger partial charge in [0.25, 0.3) is 0 Å². The molecule has 18 heavy (non-hydrogen) atoms. The SMILES string of the molecule is Cc1cc(OC(F)F)cc(/C=C/C(=O)O)c1C=O. The first-order chi connectivity index (χ1) is 8.43. The lowest BCUT2D eigenvalue weighted by Gasteiger charge is -2.09. The van der Waals surface area contributed by atoms with Crippen LogP contribution in [0.4, 0.5) is 8.78 Å². The summed E-state index contributed by atoms with van der Waals surface area (Å²) >= 11 is 0. The van der Waals surface area contributed by atoms with Crippen LogP contribution < -0.4 is 4.74 Å². The summed E-state index contributed by atoms with van der Waals surface area (Å²) in [5.74, 6) is -1.33. The van der Waals surface area contributed by atoms with Gasteiger partial charge in [-0.25, -0.2) is 4.79 Å². The summed E-state index contributed by atoms with van der Waals surface area (Å²) in [7, 11) is 0. The Balaban J connectivity index is 3.22. The summed E-state index contributed by atoms with van der Waals surface area (Å²) in [5, 5.41) is 8.50. The molecule has 0 aliphatic carbocycles. The summed E-state index contributed by atoms with van der Waals surface area (Å²) in [4.78, 5) is 21.2. The molecular weight excluding hydrogens is 246 g/mol. The fourth-order valence-corrected chi connectivity index (χ4v) is 1.42. The number of aldehydes is 1. The molecule has 0 aromatic heterocycles. The van der Waals surface area contributed by atoms with Crippen LogP contribution in [-0.4, -0.2) is 24.0 Å². The number of carboxylic acids is 1. The zero-order chi connectivity index (χ0) is 13.7. The van der Waals surface area contributed by atoms with Crippen LogP contribution in [0.1, 0.15) is 21.5 Å². The zero-order valence-electron chi connectivity index (χ0n) is 9.39. The second-order valence-electron chi connectivity index (χ2n) is 3.41. The maximum Gasteiger partial charge on any atom is 0.387 e. The summed E-state index contributed by atoms with van der Waals surface area (Å²) in [6.45, 7) is -1.44. The smallest absolute Gasteiger partial charge is 0.387 e. The van der Waals surface area contributed by atoms with Crippen LogP contribution in [0.5, 0.6) is 5.75 Å². The third kappa shape index (κ3) is 3.65. The highest BCUT2D eigenvalue weighted by Crippen LogP contribution is 2.23. The Kier molecular flexibility index (Phi) is 4.53. The first-order valence-electron chi connectivity index (χ1n) is 4.89. The van der Waals surface area contributed by atoms with Gasteiger partial charge < -0.3 is 9.84 Å². The Bertz CT molecular complexity index is 495. The third-order valence-corrected chi connectivity index (χ3v) is 2.14. The summed E-state index contributed by atoms with van der Waals surface area (Å²) in [6, 6.07) is 2.47. The molecule has 0 saturated carbocycles. The van der Waals surface area contributed by atoms with Crippen molar-refractivity contribution in [3.63, 3.8) is 0 Å². The number of carboxylic acid groups (broad SMARTS) is 1. The van der Waals surface area contributed by atoms with Crippen molar-refractivity contribution in [2.45, 2.75) is 13.5 Å². The minimum Gasteiger partial charge on any atom is -0.478 e. The van der Waals surface area contributed by atoms with Crippen molar-refractivity contribution in [1.82, 2.24) is 0 Å². The molecule has 1 aromatic rings. The van der Waals surface area contributed by atoms with Gasteiger partial charge in [0.1, 0.15) is 5.75 Å². The Labute approximate surface area is 101 Å². The molecule has 0 bridgehead atoms. The first-order valence-corrected chi connectivity index (χ1v) is 4.89. The minimum atomic E-state index is -2.98. The number of hydrogen-bond acceptors (Lipinski definition) is 3. The van der Waals surface area contributed by atoms with E-state index in [1.165, 1.54) is 12.1 Å². The number of aliphatic carboxylic acids is 1. The lowest BCUT2D eigenvalue weighted by Crippen LogP contribution is -2.03. The van der Waals surface area contributed by atoms with Crippen LogP contribution in [0.25, 0.3) is 6.08 Å². The highest BCUT2D eigenvalue weighted by Gasteiger charge is 2.10. The Morgan fingerprint density at radius 3 is 2.61 bits per heavy atom. The number of rotatable bonds is 5. The molecule has 0 saturated heterocycles. The highest BCUT2D eigenvalue weighted by molar-refractivity contribution is 5.90. The second-order valence-corrected chi connectivity index (χ2v) is 3.41. The van der Waals surface area contributed by atoms with Crippen LogP contribution in [0.3, 0.4) is 0 Å². The fourth-order valence-electron chi connectivity index (χ4n) is 1.42. The average molecular weight is 256 g/mol. The minimum absolute atomic E-state index is 0.127. The maximum atomic E-state index is 12.1. The molecule has 1 rings (SSSR count). The van der Waals surface area contributed by atoms with Crippen LogP contribution in [0, 0.1) is 6.92 Å². The molecular formula is C12H10F2O4. The molecule has 96 valence electrons. The number of carbonyl (C=O) groups is 2. The third-order valence-electron chi connectivity index (χ3n) is 2.14. The van der Waals surface area contributed by atoms with Crippen molar-refractivity contribution in [1.29, 1.82) is 0 Å². The molecule has 0 heterocycles. The van der Waals surface area contributed by atoms with E-state index in [1.807, 2.05) is 0 Å². The van der Waals surface area contributed by atoms with Crippen molar-refractivity contribution in [2.24, 2.45) is 0 Å². The number of ether oxygens (including phenoxy) is 1. The predicted octanol–water partition coefficient (Wildman–Crippen LogP) is 2.51. The Morgan fingerprint density at radius 2 is 2.11 bits per heavy atom. The number of benzene rings is 1. The summed E-state index contributed by atoms with van der Waals surface area (Å²) in [6.07, 6.45) is 2.49. The van der Waals surface area contributed by atoms with Gasteiger partial charge in [-0.05, 0) is 36.3 Å². The number of aryl methyl sites for hydroxylation is 1. The van der Waals surface area contributed by atoms with Crippen LogP contribution in [0.2, 0.25) is 0 Å².